The summed E-state index contributed by atoms with van der Waals surface area (Å²) in [6.45, 7) is 0.942. The normalized spacial score (nSPS) is 12.8. The molecule has 0 spiro atoms. The maximum Gasteiger partial charge on any atom is 0.241 e. The molecule has 3 aromatic rings. The van der Waals surface area contributed by atoms with Crippen LogP contribution in [-0.2, 0) is 21.2 Å². The molecule has 0 saturated carbocycles. The Balaban J connectivity index is 1.54. The number of fused-ring (bicyclic) bond motifs is 1. The van der Waals surface area contributed by atoms with Crippen molar-refractivity contribution in [3.05, 3.63) is 78.1 Å². The fraction of sp³-hybridized carbons (Fsp3) is 0.208. The molecule has 1 aliphatic heterocycles. The first-order valence-electron chi connectivity index (χ1n) is 10.3. The summed E-state index contributed by atoms with van der Waals surface area (Å²) < 4.78 is 51.6. The molecule has 3 aromatic carbocycles. The third-order valence-corrected chi connectivity index (χ3v) is 6.97. The lowest BCUT2D eigenvalue weighted by molar-refractivity contribution is -0.128. The number of carbonyl (C=O) groups is 1. The number of halogens is 1. The van der Waals surface area contributed by atoms with Crippen LogP contribution in [0.4, 0.5) is 10.1 Å². The molecule has 172 valence electrons. The number of hydrogen-bond donors (Lipinski definition) is 1. The summed E-state index contributed by atoms with van der Waals surface area (Å²) in [5, 5.41) is 2.85. The van der Waals surface area contributed by atoms with E-state index in [-0.39, 0.29) is 27.9 Å². The van der Waals surface area contributed by atoms with Gasteiger partial charge >= 0.3 is 0 Å². The van der Waals surface area contributed by atoms with E-state index in [9.17, 15) is 17.6 Å². The number of sulfone groups is 1. The van der Waals surface area contributed by atoms with Crippen molar-refractivity contribution in [3.63, 3.8) is 0 Å². The zero-order valence-corrected chi connectivity index (χ0v) is 18.8. The predicted molar refractivity (Wildman–Crippen MR) is 121 cm³/mol. The summed E-state index contributed by atoms with van der Waals surface area (Å²) in [5.41, 5.74) is 1.10. The van der Waals surface area contributed by atoms with Crippen LogP contribution in [0.3, 0.4) is 0 Å². The molecule has 33 heavy (non-hydrogen) atoms. The summed E-state index contributed by atoms with van der Waals surface area (Å²) in [4.78, 5) is 13.8. The number of hydrogen-bond acceptors (Lipinski definition) is 6. The molecular weight excluding hydrogens is 447 g/mol. The van der Waals surface area contributed by atoms with Gasteiger partial charge in [-0.3, -0.25) is 4.79 Å². The lowest BCUT2D eigenvalue weighted by Gasteiger charge is -2.20. The fourth-order valence-corrected chi connectivity index (χ4v) is 4.89. The van der Waals surface area contributed by atoms with Crippen molar-refractivity contribution in [2.24, 2.45) is 0 Å². The molecule has 0 fully saturated rings. The number of nitrogens with zero attached hydrogens (tertiary/aromatic N) is 1. The molecule has 0 aliphatic carbocycles. The largest absolute Gasteiger partial charge is 0.486 e. The Labute approximate surface area is 191 Å². The molecule has 0 saturated heterocycles. The average Bonchev–Trinajstić information content (AvgIpc) is 2.83. The molecule has 9 heteroatoms. The van der Waals surface area contributed by atoms with Crippen LogP contribution in [0.5, 0.6) is 11.5 Å². The number of anilines is 1. The second-order valence-electron chi connectivity index (χ2n) is 7.54. The molecule has 7 nitrogen and oxygen atoms in total. The predicted octanol–water partition coefficient (Wildman–Crippen LogP) is 3.50. The Kier molecular flexibility index (Phi) is 6.50. The third-order valence-electron chi connectivity index (χ3n) is 5.18. The second-order valence-corrected chi connectivity index (χ2v) is 9.46. The Morgan fingerprint density at radius 2 is 1.73 bits per heavy atom. The van der Waals surface area contributed by atoms with Crippen LogP contribution >= 0.6 is 0 Å². The molecule has 4 rings (SSSR count). The molecule has 1 N–H and O–H groups in total. The van der Waals surface area contributed by atoms with Gasteiger partial charge in [-0.25, -0.2) is 12.8 Å². The first kappa shape index (κ1) is 22.6. The van der Waals surface area contributed by atoms with Gasteiger partial charge in [0.05, 0.1) is 22.0 Å². The van der Waals surface area contributed by atoms with E-state index in [4.69, 9.17) is 9.47 Å². The summed E-state index contributed by atoms with van der Waals surface area (Å²) in [5.74, 6) is -0.189. The molecule has 1 amide bonds. The van der Waals surface area contributed by atoms with Gasteiger partial charge in [0, 0.05) is 19.7 Å². The van der Waals surface area contributed by atoms with Crippen LogP contribution in [0.1, 0.15) is 5.56 Å². The highest BCUT2D eigenvalue weighted by Gasteiger charge is 2.25. The third kappa shape index (κ3) is 5.09. The Morgan fingerprint density at radius 3 is 2.48 bits per heavy atom. The average molecular weight is 471 g/mol. The van der Waals surface area contributed by atoms with Crippen LogP contribution in [0.25, 0.3) is 0 Å². The van der Waals surface area contributed by atoms with E-state index in [0.29, 0.717) is 31.3 Å². The smallest absolute Gasteiger partial charge is 0.241 e. The summed E-state index contributed by atoms with van der Waals surface area (Å²) in [6.07, 6.45) is 0. The fourth-order valence-electron chi connectivity index (χ4n) is 3.43. The first-order chi connectivity index (χ1) is 15.8. The summed E-state index contributed by atoms with van der Waals surface area (Å²) >= 11 is 0. The van der Waals surface area contributed by atoms with E-state index in [1.165, 1.54) is 29.2 Å². The number of rotatable bonds is 7. The van der Waals surface area contributed by atoms with E-state index < -0.39 is 15.7 Å². The zero-order chi connectivity index (χ0) is 23.4. The number of nitrogens with one attached hydrogen (secondary N) is 1. The van der Waals surface area contributed by atoms with Crippen molar-refractivity contribution in [1.29, 1.82) is 0 Å². The van der Waals surface area contributed by atoms with Crippen LogP contribution in [-0.4, -0.2) is 46.0 Å². The van der Waals surface area contributed by atoms with Crippen molar-refractivity contribution in [2.45, 2.75) is 16.3 Å². The highest BCUT2D eigenvalue weighted by Crippen LogP contribution is 2.36. The number of benzene rings is 3. The first-order valence-corrected chi connectivity index (χ1v) is 11.8. The number of amides is 1. The van der Waals surface area contributed by atoms with E-state index in [0.717, 1.165) is 17.7 Å². The molecule has 1 heterocycles. The number of ether oxygens (including phenoxy) is 2. The van der Waals surface area contributed by atoms with E-state index in [2.05, 4.69) is 5.32 Å². The Bertz CT molecular complexity index is 1270. The highest BCUT2D eigenvalue weighted by molar-refractivity contribution is 7.91. The van der Waals surface area contributed by atoms with Crippen LogP contribution < -0.4 is 14.8 Å². The van der Waals surface area contributed by atoms with Crippen LogP contribution in [0.15, 0.2) is 76.5 Å². The summed E-state index contributed by atoms with van der Waals surface area (Å²) in [7, 11) is -2.44. The van der Waals surface area contributed by atoms with Crippen molar-refractivity contribution >= 4 is 21.4 Å². The minimum Gasteiger partial charge on any atom is -0.486 e. The van der Waals surface area contributed by atoms with E-state index in [1.54, 1.807) is 7.05 Å². The Morgan fingerprint density at radius 1 is 1.00 bits per heavy atom. The standard InChI is InChI=1S/C24H23FN2O5S/c1-27(16-17-5-3-2-4-6-17)24(28)15-26-20-9-7-18(25)13-23(20)33(29,30)19-8-10-21-22(14-19)32-12-11-31-21/h2-10,13-14,26H,11-12,15-16H2,1H3. The molecule has 0 atom stereocenters. The van der Waals surface area contributed by atoms with Gasteiger partial charge in [0.2, 0.25) is 15.7 Å². The van der Waals surface area contributed by atoms with E-state index >= 15 is 0 Å². The molecular formula is C24H23FN2O5S. The van der Waals surface area contributed by atoms with Crippen molar-refractivity contribution in [1.82, 2.24) is 4.90 Å². The van der Waals surface area contributed by atoms with Gasteiger partial charge in [-0.15, -0.1) is 0 Å². The molecule has 0 bridgehead atoms. The quantitative estimate of drug-likeness (QED) is 0.569. The van der Waals surface area contributed by atoms with Gasteiger partial charge in [0.15, 0.2) is 11.5 Å². The van der Waals surface area contributed by atoms with Crippen molar-refractivity contribution in [2.75, 3.05) is 32.1 Å². The molecule has 0 unspecified atom stereocenters. The van der Waals surface area contributed by atoms with Gasteiger partial charge in [0.25, 0.3) is 0 Å². The number of likely N-dealkylation sites (N-methyl/N-ethyl adjacent to an activating group) is 1. The second kappa shape index (κ2) is 9.50. The van der Waals surface area contributed by atoms with Gasteiger partial charge in [0.1, 0.15) is 19.0 Å². The maximum atomic E-state index is 14.0. The number of carbonyl (C=O) groups excluding carboxylic acids is 1. The highest BCUT2D eigenvalue weighted by atomic mass is 32.2. The maximum absolute atomic E-state index is 14.0. The van der Waals surface area contributed by atoms with Gasteiger partial charge in [-0.05, 0) is 35.9 Å². The van der Waals surface area contributed by atoms with Gasteiger partial charge < -0.3 is 19.7 Å². The van der Waals surface area contributed by atoms with Crippen molar-refractivity contribution in [3.8, 4) is 11.5 Å². The monoisotopic (exact) mass is 470 g/mol. The Hall–Kier alpha value is -3.59. The van der Waals surface area contributed by atoms with Gasteiger partial charge in [-0.2, -0.15) is 0 Å². The lowest BCUT2D eigenvalue weighted by atomic mass is 10.2. The zero-order valence-electron chi connectivity index (χ0n) is 18.0. The van der Waals surface area contributed by atoms with E-state index in [1.807, 2.05) is 30.3 Å². The minimum atomic E-state index is -4.11. The SMILES string of the molecule is CN(Cc1ccccc1)C(=O)CNc1ccc(F)cc1S(=O)(=O)c1ccc2c(c1)OCCO2. The van der Waals surface area contributed by atoms with Crippen LogP contribution in [0, 0.1) is 5.82 Å². The minimum absolute atomic E-state index is 0.0621. The van der Waals surface area contributed by atoms with Crippen molar-refractivity contribution < 1.29 is 27.1 Å². The molecule has 1 aliphatic rings. The lowest BCUT2D eigenvalue weighted by Crippen LogP contribution is -2.32. The molecule has 0 aromatic heterocycles. The molecule has 0 radical (unpaired) electrons. The van der Waals surface area contributed by atoms with Gasteiger partial charge in [-0.1, -0.05) is 30.3 Å². The summed E-state index contributed by atoms with van der Waals surface area (Å²) in [6, 6.07) is 17.1. The van der Waals surface area contributed by atoms with Crippen LogP contribution in [0.2, 0.25) is 0 Å². The topological polar surface area (TPSA) is 84.9 Å².